The number of alkyl halides is 3. The van der Waals surface area contributed by atoms with Crippen molar-refractivity contribution in [3.63, 3.8) is 0 Å². The molecule has 0 aliphatic rings. The lowest BCUT2D eigenvalue weighted by Crippen LogP contribution is -2.22. The van der Waals surface area contributed by atoms with Crippen molar-refractivity contribution >= 4 is 35.2 Å². The first-order valence-corrected chi connectivity index (χ1v) is 10.5. The third-order valence-corrected chi connectivity index (χ3v) is 7.15. The second kappa shape index (κ2) is 8.46. The Morgan fingerprint density at radius 1 is 0.552 bits per heavy atom. The predicted molar refractivity (Wildman–Crippen MR) is 119 cm³/mol. The minimum atomic E-state index is -4.33. The Labute approximate surface area is 171 Å². The Bertz CT molecular complexity index is 880. The van der Waals surface area contributed by atoms with Crippen LogP contribution in [0.1, 0.15) is 5.56 Å². The molecule has 0 bridgehead atoms. The van der Waals surface area contributed by atoms with Crippen LogP contribution in [-0.4, -0.2) is 28.2 Å². The van der Waals surface area contributed by atoms with E-state index in [1.54, 1.807) is 12.1 Å². The van der Waals surface area contributed by atoms with Gasteiger partial charge in [-0.2, -0.15) is 13.2 Å². The monoisotopic (exact) mass is 416 g/mol. The van der Waals surface area contributed by atoms with E-state index in [9.17, 15) is 13.2 Å². The average molecular weight is 416 g/mol. The van der Waals surface area contributed by atoms with Crippen LogP contribution in [0.2, 0.25) is 0 Å². The van der Waals surface area contributed by atoms with Crippen molar-refractivity contribution in [2.75, 3.05) is 38.0 Å². The Hall–Kier alpha value is -2.52. The van der Waals surface area contributed by atoms with Crippen LogP contribution in [0.25, 0.3) is 0 Å². The van der Waals surface area contributed by atoms with E-state index in [0.29, 0.717) is 0 Å². The molecule has 152 valence electrons. The number of benzene rings is 3. The Morgan fingerprint density at radius 2 is 0.862 bits per heavy atom. The molecule has 0 aromatic heterocycles. The summed E-state index contributed by atoms with van der Waals surface area (Å²) in [5.74, 6) is 0. The van der Waals surface area contributed by atoms with E-state index >= 15 is 0 Å². The molecule has 0 aliphatic heterocycles. The highest BCUT2D eigenvalue weighted by Gasteiger charge is 2.30. The second-order valence-corrected chi connectivity index (χ2v) is 9.42. The van der Waals surface area contributed by atoms with Crippen molar-refractivity contribution in [3.8, 4) is 0 Å². The smallest absolute Gasteiger partial charge is 0.378 e. The SMILES string of the molecule is CN(C)c1ccc(P(c2ccc(N(C)C)cc2)c2ccc(C(F)(F)F)cc2)cc1. The summed E-state index contributed by atoms with van der Waals surface area (Å²) in [5.41, 5.74) is 1.54. The van der Waals surface area contributed by atoms with E-state index in [-0.39, 0.29) is 0 Å². The average Bonchev–Trinajstić information content (AvgIpc) is 2.69. The van der Waals surface area contributed by atoms with Crippen LogP contribution in [0.5, 0.6) is 0 Å². The fourth-order valence-electron chi connectivity index (χ4n) is 3.05. The van der Waals surface area contributed by atoms with Gasteiger partial charge in [-0.1, -0.05) is 36.4 Å². The number of hydrogen-bond donors (Lipinski definition) is 0. The fourth-order valence-corrected chi connectivity index (χ4v) is 5.28. The molecule has 0 radical (unpaired) electrons. The maximum atomic E-state index is 13.0. The van der Waals surface area contributed by atoms with Crippen molar-refractivity contribution in [2.45, 2.75) is 6.18 Å². The van der Waals surface area contributed by atoms with Gasteiger partial charge in [0, 0.05) is 39.6 Å². The van der Waals surface area contributed by atoms with Gasteiger partial charge >= 0.3 is 6.18 Å². The number of hydrogen-bond acceptors (Lipinski definition) is 2. The normalized spacial score (nSPS) is 11.6. The van der Waals surface area contributed by atoms with E-state index in [1.165, 1.54) is 12.1 Å². The van der Waals surface area contributed by atoms with Crippen LogP contribution < -0.4 is 25.7 Å². The molecule has 3 rings (SSSR count). The second-order valence-electron chi connectivity index (χ2n) is 7.20. The highest BCUT2D eigenvalue weighted by atomic mass is 31.1. The number of rotatable bonds is 5. The fraction of sp³-hybridized carbons (Fsp3) is 0.217. The van der Waals surface area contributed by atoms with Crippen molar-refractivity contribution in [2.24, 2.45) is 0 Å². The number of nitrogens with zero attached hydrogens (tertiary/aromatic N) is 2. The summed E-state index contributed by atoms with van der Waals surface area (Å²) in [4.78, 5) is 4.05. The summed E-state index contributed by atoms with van der Waals surface area (Å²) in [6.07, 6.45) is -4.33. The molecule has 0 unspecified atom stereocenters. The zero-order valence-corrected chi connectivity index (χ0v) is 17.8. The Balaban J connectivity index is 2.06. The zero-order chi connectivity index (χ0) is 21.2. The van der Waals surface area contributed by atoms with Crippen molar-refractivity contribution in [3.05, 3.63) is 78.4 Å². The highest BCUT2D eigenvalue weighted by molar-refractivity contribution is 7.79. The topological polar surface area (TPSA) is 6.48 Å². The minimum Gasteiger partial charge on any atom is -0.378 e. The van der Waals surface area contributed by atoms with Crippen molar-refractivity contribution < 1.29 is 13.2 Å². The third kappa shape index (κ3) is 4.91. The van der Waals surface area contributed by atoms with E-state index in [0.717, 1.165) is 27.3 Å². The molecule has 29 heavy (non-hydrogen) atoms. The quantitative estimate of drug-likeness (QED) is 0.561. The van der Waals surface area contributed by atoms with Crippen LogP contribution in [0.15, 0.2) is 72.8 Å². The van der Waals surface area contributed by atoms with E-state index in [2.05, 4.69) is 24.3 Å². The molecule has 3 aromatic carbocycles. The van der Waals surface area contributed by atoms with Gasteiger partial charge in [0.1, 0.15) is 0 Å². The van der Waals surface area contributed by atoms with Crippen LogP contribution in [0.4, 0.5) is 24.5 Å². The molecule has 0 atom stereocenters. The molecule has 0 spiro atoms. The summed E-state index contributed by atoms with van der Waals surface area (Å²) in [7, 11) is 6.96. The van der Waals surface area contributed by atoms with Crippen molar-refractivity contribution in [1.29, 1.82) is 0 Å². The molecule has 0 amide bonds. The highest BCUT2D eigenvalue weighted by Crippen LogP contribution is 2.35. The molecular weight excluding hydrogens is 392 g/mol. The summed E-state index contributed by atoms with van der Waals surface area (Å²) >= 11 is 0. The maximum absolute atomic E-state index is 13.0. The first-order valence-electron chi connectivity index (χ1n) is 9.19. The Kier molecular flexibility index (Phi) is 6.18. The standard InChI is InChI=1S/C23H24F3N2P/c1-27(2)18-7-13-21(14-8-18)29(22-15-9-19(10-16-22)28(3)4)20-11-5-17(6-12-20)23(24,25)26/h5-16H,1-4H3. The van der Waals surface area contributed by atoms with Gasteiger partial charge < -0.3 is 9.80 Å². The molecule has 6 heteroatoms. The maximum Gasteiger partial charge on any atom is 0.416 e. The minimum absolute atomic E-state index is 0.623. The van der Waals surface area contributed by atoms with Crippen LogP contribution >= 0.6 is 7.92 Å². The lowest BCUT2D eigenvalue weighted by molar-refractivity contribution is -0.137. The summed E-state index contributed by atoms with van der Waals surface area (Å²) < 4.78 is 39.0. The van der Waals surface area contributed by atoms with Gasteiger partial charge in [0.05, 0.1) is 5.56 Å². The largest absolute Gasteiger partial charge is 0.416 e. The van der Waals surface area contributed by atoms with Gasteiger partial charge in [0.25, 0.3) is 0 Å². The zero-order valence-electron chi connectivity index (χ0n) is 16.9. The van der Waals surface area contributed by atoms with Crippen LogP contribution in [-0.2, 0) is 6.18 Å². The molecular formula is C23H24F3N2P. The van der Waals surface area contributed by atoms with Crippen LogP contribution in [0, 0.1) is 0 Å². The predicted octanol–water partition coefficient (Wildman–Crippen LogP) is 4.60. The molecule has 0 N–H and O–H groups in total. The van der Waals surface area contributed by atoms with Gasteiger partial charge in [0.2, 0.25) is 0 Å². The molecule has 2 nitrogen and oxygen atoms in total. The summed E-state index contributed by atoms with van der Waals surface area (Å²) in [6.45, 7) is 0. The van der Waals surface area contributed by atoms with E-state index < -0.39 is 19.7 Å². The molecule has 0 saturated heterocycles. The molecule has 0 heterocycles. The molecule has 0 fully saturated rings. The van der Waals surface area contributed by atoms with E-state index in [4.69, 9.17) is 0 Å². The van der Waals surface area contributed by atoms with Crippen LogP contribution in [0.3, 0.4) is 0 Å². The van der Waals surface area contributed by atoms with Gasteiger partial charge in [-0.25, -0.2) is 0 Å². The van der Waals surface area contributed by atoms with E-state index in [1.807, 2.05) is 62.3 Å². The number of halogens is 3. The van der Waals surface area contributed by atoms with Gasteiger partial charge in [-0.3, -0.25) is 0 Å². The van der Waals surface area contributed by atoms with Crippen molar-refractivity contribution in [1.82, 2.24) is 0 Å². The first-order chi connectivity index (χ1) is 13.7. The first kappa shape index (κ1) is 21.2. The summed E-state index contributed by atoms with van der Waals surface area (Å²) in [5, 5.41) is 3.09. The summed E-state index contributed by atoms with van der Waals surface area (Å²) in [6, 6.07) is 22.0. The Morgan fingerprint density at radius 3 is 1.14 bits per heavy atom. The lowest BCUT2D eigenvalue weighted by Gasteiger charge is -2.22. The lowest BCUT2D eigenvalue weighted by atomic mass is 10.2. The third-order valence-electron chi connectivity index (χ3n) is 4.70. The molecule has 0 aliphatic carbocycles. The van der Waals surface area contributed by atoms with Gasteiger partial charge in [-0.15, -0.1) is 0 Å². The van der Waals surface area contributed by atoms with Gasteiger partial charge in [0.15, 0.2) is 0 Å². The molecule has 3 aromatic rings. The molecule has 0 saturated carbocycles. The number of anilines is 2. The van der Waals surface area contributed by atoms with Gasteiger partial charge in [-0.05, 0) is 60.2 Å².